The summed E-state index contributed by atoms with van der Waals surface area (Å²) in [6, 6.07) is -0.0101. The van der Waals surface area contributed by atoms with Crippen LogP contribution < -0.4 is 48.3 Å². The van der Waals surface area contributed by atoms with Gasteiger partial charge in [-0.05, 0) is 19.3 Å². The minimum Gasteiger partial charge on any atom is -0.369 e. The second kappa shape index (κ2) is 14.8. The van der Waals surface area contributed by atoms with Crippen molar-refractivity contribution in [1.29, 1.82) is 0 Å². The number of nitrogens with zero attached hydrogens (tertiary/aromatic N) is 2. The second-order valence-corrected chi connectivity index (χ2v) is 12.7. The van der Waals surface area contributed by atoms with Crippen LogP contribution in [-0.2, 0) is 4.79 Å². The average Bonchev–Trinajstić information content (AvgIpc) is 2.87. The molecular weight excluding hydrogens is 604 g/mol. The molecule has 18 heteroatoms. The third kappa shape index (κ3) is 9.46. The Bertz CT molecular complexity index is 848. The number of hydrogen-bond donors (Lipinski definition) is 9. The van der Waals surface area contributed by atoms with Crippen LogP contribution >= 0.6 is 69.9 Å². The number of fused-ring (bicyclic) bond motifs is 1. The third-order valence-electron chi connectivity index (χ3n) is 6.12. The number of alkyl halides is 4. The topological polar surface area (TPSA) is 164 Å². The number of nitrogens with two attached hydrogens (primary N) is 1. The average molecular weight is 639 g/mol. The van der Waals surface area contributed by atoms with Gasteiger partial charge in [0.1, 0.15) is 45.2 Å². The monoisotopic (exact) mass is 636 g/mol. The van der Waals surface area contributed by atoms with Crippen molar-refractivity contribution >= 4 is 85.9 Å². The summed E-state index contributed by atoms with van der Waals surface area (Å²) in [5.41, 5.74) is 0.299. The Hall–Kier alpha value is 0.350. The van der Waals surface area contributed by atoms with Crippen molar-refractivity contribution in [2.75, 3.05) is 24.6 Å². The first-order valence-electron chi connectivity index (χ1n) is 12.5. The van der Waals surface area contributed by atoms with Gasteiger partial charge in [-0.2, -0.15) is 0 Å². The van der Waals surface area contributed by atoms with Crippen LogP contribution in [0.2, 0.25) is 1.41 Å². The van der Waals surface area contributed by atoms with E-state index in [-0.39, 0.29) is 36.5 Å². The molecule has 7 unspecified atom stereocenters. The molecule has 0 bridgehead atoms. The molecule has 37 heavy (non-hydrogen) atoms. The van der Waals surface area contributed by atoms with E-state index in [1.165, 1.54) is 0 Å². The summed E-state index contributed by atoms with van der Waals surface area (Å²) in [4.78, 5) is 22.2. The van der Waals surface area contributed by atoms with Crippen LogP contribution in [0.15, 0.2) is 9.98 Å². The van der Waals surface area contributed by atoms with Gasteiger partial charge in [-0.15, -0.1) is 23.5 Å². The third-order valence-corrected chi connectivity index (χ3v) is 9.21. The maximum atomic E-state index is 12.1. The highest BCUT2D eigenvalue weighted by Gasteiger charge is 2.36. The van der Waals surface area contributed by atoms with E-state index in [2.05, 4.69) is 42.5 Å². The number of aliphatic imine (C=N–C) groups is 2. The smallest absolute Gasteiger partial charge is 0.220 e. The largest absolute Gasteiger partial charge is 0.369 e. The Morgan fingerprint density at radius 3 is 1.81 bits per heavy atom. The van der Waals surface area contributed by atoms with Crippen molar-refractivity contribution in [2.24, 2.45) is 21.6 Å². The van der Waals surface area contributed by atoms with Crippen LogP contribution in [0.3, 0.4) is 0 Å². The van der Waals surface area contributed by atoms with Crippen LogP contribution in [-0.4, -0.2) is 87.8 Å². The summed E-state index contributed by atoms with van der Waals surface area (Å²) >= 11 is 27.7. The first kappa shape index (κ1) is 28.9. The zero-order chi connectivity index (χ0) is 27.1. The quantitative estimate of drug-likeness (QED) is 0.0925. The Morgan fingerprint density at radius 2 is 1.32 bits per heavy atom. The zero-order valence-corrected chi connectivity index (χ0v) is 24.4. The van der Waals surface area contributed by atoms with Gasteiger partial charge in [0, 0.05) is 30.5 Å². The van der Waals surface area contributed by atoms with Crippen LogP contribution in [0.25, 0.3) is 0 Å². The van der Waals surface area contributed by atoms with Gasteiger partial charge < -0.3 is 5.73 Å². The molecule has 7 atom stereocenters. The van der Waals surface area contributed by atoms with Crippen molar-refractivity contribution < 1.29 is 6.21 Å². The number of hydrogen-bond acceptors (Lipinski definition) is 13. The van der Waals surface area contributed by atoms with E-state index in [4.69, 9.17) is 57.8 Å². The predicted molar refractivity (Wildman–Crippen MR) is 155 cm³/mol. The minimum absolute atomic E-state index is 0.0499. The van der Waals surface area contributed by atoms with Gasteiger partial charge in [-0.1, -0.05) is 46.4 Å². The van der Waals surface area contributed by atoms with Crippen LogP contribution in [0.5, 0.6) is 0 Å². The number of halogens is 4. The zero-order valence-electron chi connectivity index (χ0n) is 20.8. The summed E-state index contributed by atoms with van der Waals surface area (Å²) in [7, 11) is 0. The first-order chi connectivity index (χ1) is 18.3. The lowest BCUT2D eigenvalue weighted by atomic mass is 9.82. The molecular formula is C19H33Cl4N11OS2. The van der Waals surface area contributed by atoms with Gasteiger partial charge in [0.05, 0.1) is 12.1 Å². The number of carbonyl (C=O) groups is 1. The van der Waals surface area contributed by atoms with Crippen molar-refractivity contribution in [3.8, 4) is 0 Å². The van der Waals surface area contributed by atoms with E-state index in [0.717, 1.165) is 28.0 Å². The van der Waals surface area contributed by atoms with Crippen molar-refractivity contribution in [3.63, 3.8) is 0 Å². The van der Waals surface area contributed by atoms with Gasteiger partial charge in [0.15, 0.2) is 1.41 Å². The van der Waals surface area contributed by atoms with Gasteiger partial charge in [0.25, 0.3) is 0 Å². The minimum atomic E-state index is -0.437. The Morgan fingerprint density at radius 1 is 0.838 bits per heavy atom. The van der Waals surface area contributed by atoms with E-state index in [1.807, 2.05) is 5.73 Å². The molecule has 3 aliphatic heterocycles. The van der Waals surface area contributed by atoms with Crippen LogP contribution in [0, 0.1) is 5.92 Å². The molecule has 12 nitrogen and oxygen atoms in total. The summed E-state index contributed by atoms with van der Waals surface area (Å²) in [6.45, 7) is 1.36. The molecule has 3 fully saturated rings. The molecule has 4 aliphatic rings. The number of primary amides is 1. The Balaban J connectivity index is 1.30. The van der Waals surface area contributed by atoms with E-state index in [9.17, 15) is 4.79 Å². The van der Waals surface area contributed by atoms with Gasteiger partial charge in [-0.3, -0.25) is 57.3 Å². The molecule has 1 aliphatic carbocycles. The number of nitrogens with one attached hydrogen (secondary N) is 8. The molecule has 1 amide bonds. The first-order valence-corrected chi connectivity index (χ1v) is 15.7. The number of thioether (sulfide) groups is 2. The van der Waals surface area contributed by atoms with Crippen LogP contribution in [0.1, 0.15) is 19.3 Å². The molecule has 0 aromatic rings. The molecule has 4 rings (SSSR count). The lowest BCUT2D eigenvalue weighted by Crippen LogP contribution is -2.68. The van der Waals surface area contributed by atoms with E-state index in [1.54, 1.807) is 23.5 Å². The summed E-state index contributed by atoms with van der Waals surface area (Å²) in [5, 5.41) is 26.7. The molecule has 2 saturated heterocycles. The lowest BCUT2D eigenvalue weighted by Gasteiger charge is -2.35. The van der Waals surface area contributed by atoms with Crippen LogP contribution in [0.4, 0.5) is 0 Å². The standard InChI is InChI=1S/C19H33Cl4N11OS2/c20-14-29-15(21)32-18(31-14)25-3-5-36-12-13(28-10-7-8(11(24)35)1-2-9(10)27-12)37-6-4-26-19-33-16(22)30-17(23)34-19/h8-10,14-19,25-26,29-34H,1-7H2,(H2,24,35)/i/hD. The molecule has 0 aromatic heterocycles. The fraction of sp³-hybridized carbons (Fsp3) is 0.842. The summed E-state index contributed by atoms with van der Waals surface area (Å²) < 4.78 is 7.22. The predicted octanol–water partition coefficient (Wildman–Crippen LogP) is -0.313. The van der Waals surface area contributed by atoms with Crippen molar-refractivity contribution in [1.82, 2.24) is 42.5 Å². The Kier molecular flexibility index (Phi) is 11.6. The lowest BCUT2D eigenvalue weighted by molar-refractivity contribution is -0.122. The maximum Gasteiger partial charge on any atom is 0.220 e. The molecule has 3 heterocycles. The normalized spacial score (nSPS) is 38.7. The van der Waals surface area contributed by atoms with Crippen molar-refractivity contribution in [3.05, 3.63) is 0 Å². The van der Waals surface area contributed by atoms with Gasteiger partial charge in [-0.25, -0.2) is 0 Å². The van der Waals surface area contributed by atoms with E-state index < -0.39 is 22.5 Å². The highest BCUT2D eigenvalue weighted by Crippen LogP contribution is 2.33. The van der Waals surface area contributed by atoms with E-state index in [0.29, 0.717) is 25.9 Å². The van der Waals surface area contributed by atoms with Crippen molar-refractivity contribution in [2.45, 2.75) is 66.4 Å². The fourth-order valence-corrected chi connectivity index (χ4v) is 7.43. The molecule has 210 valence electrons. The maximum absolute atomic E-state index is 12.1. The molecule has 10 N–H and O–H groups in total. The Labute approximate surface area is 246 Å². The molecule has 0 radical (unpaired) electrons. The van der Waals surface area contributed by atoms with Gasteiger partial charge >= 0.3 is 0 Å². The molecule has 0 spiro atoms. The highest BCUT2D eigenvalue weighted by atomic mass is 35.5. The highest BCUT2D eigenvalue weighted by molar-refractivity contribution is 8.25. The fourth-order valence-electron chi connectivity index (χ4n) is 4.34. The number of amides is 1. The second-order valence-electron chi connectivity index (χ2n) is 8.80. The SMILES string of the molecule is [2H]NC(=O)C1CCC2N=C(SCCNC3NC(Cl)NC(Cl)N3)C(SCCNC3NC(Cl)NC(Cl)N3)=NC2C1. The van der Waals surface area contributed by atoms with Gasteiger partial charge in [0.2, 0.25) is 5.91 Å². The number of carbonyl (C=O) groups excluding carboxylic acids is 1. The number of rotatable bonds is 9. The molecule has 1 saturated carbocycles. The summed E-state index contributed by atoms with van der Waals surface area (Å²) in [6.07, 6.45) is 1.64. The molecule has 0 aromatic carbocycles. The van der Waals surface area contributed by atoms with E-state index >= 15 is 0 Å². The summed E-state index contributed by atoms with van der Waals surface area (Å²) in [5.74, 6) is 1.06.